The van der Waals surface area contributed by atoms with Crippen LogP contribution in [0.2, 0.25) is 0 Å². The maximum Gasteiger partial charge on any atom is 0.217 e. The lowest BCUT2D eigenvalue weighted by molar-refractivity contribution is -0.120. The molecule has 0 heterocycles. The zero-order chi connectivity index (χ0) is 17.1. The first-order valence-electron chi connectivity index (χ1n) is 9.98. The molecule has 24 heavy (non-hydrogen) atoms. The third-order valence-electron chi connectivity index (χ3n) is 8.48. The summed E-state index contributed by atoms with van der Waals surface area (Å²) < 4.78 is 0. The van der Waals surface area contributed by atoms with E-state index >= 15 is 0 Å². The average Bonchev–Trinajstić information content (AvgIpc) is 2.83. The minimum absolute atomic E-state index is 0.124. The highest BCUT2D eigenvalue weighted by Gasteiger charge is 2.55. The van der Waals surface area contributed by atoms with E-state index in [0.717, 1.165) is 30.6 Å². The van der Waals surface area contributed by atoms with Crippen LogP contribution in [0.4, 0.5) is 0 Å². The van der Waals surface area contributed by atoms with Crippen LogP contribution in [-0.4, -0.2) is 11.9 Å². The highest BCUT2D eigenvalue weighted by molar-refractivity contribution is 5.73. The number of allylic oxidation sites excluding steroid dienone is 3. The Morgan fingerprint density at radius 3 is 2.58 bits per heavy atom. The second-order valence-electron chi connectivity index (χ2n) is 9.48. The van der Waals surface area contributed by atoms with Crippen molar-refractivity contribution in [2.24, 2.45) is 28.6 Å². The number of hydrogen-bond acceptors (Lipinski definition) is 1. The van der Waals surface area contributed by atoms with E-state index in [1.807, 2.05) is 0 Å². The van der Waals surface area contributed by atoms with Crippen LogP contribution in [0.1, 0.15) is 72.6 Å². The highest BCUT2D eigenvalue weighted by atomic mass is 16.1. The van der Waals surface area contributed by atoms with E-state index in [2.05, 4.69) is 38.2 Å². The number of amides is 1. The summed E-state index contributed by atoms with van der Waals surface area (Å²) in [6.07, 6.45) is 13.9. The van der Waals surface area contributed by atoms with Gasteiger partial charge in [-0.2, -0.15) is 0 Å². The monoisotopic (exact) mass is 327 g/mol. The van der Waals surface area contributed by atoms with Crippen LogP contribution in [-0.2, 0) is 4.79 Å². The Hall–Kier alpha value is -1.05. The van der Waals surface area contributed by atoms with Gasteiger partial charge in [-0.15, -0.1) is 0 Å². The molecule has 4 rings (SSSR count). The molecule has 0 aromatic heterocycles. The van der Waals surface area contributed by atoms with Gasteiger partial charge in [-0.3, -0.25) is 4.79 Å². The zero-order valence-corrected chi connectivity index (χ0v) is 15.8. The summed E-state index contributed by atoms with van der Waals surface area (Å²) in [4.78, 5) is 11.4. The van der Waals surface area contributed by atoms with Gasteiger partial charge in [-0.25, -0.2) is 0 Å². The van der Waals surface area contributed by atoms with Crippen LogP contribution in [0.25, 0.3) is 0 Å². The van der Waals surface area contributed by atoms with E-state index in [1.165, 1.54) is 32.1 Å². The first-order chi connectivity index (χ1) is 11.3. The molecule has 1 N–H and O–H groups in total. The molecule has 4 aliphatic carbocycles. The van der Waals surface area contributed by atoms with Crippen LogP contribution < -0.4 is 5.32 Å². The summed E-state index contributed by atoms with van der Waals surface area (Å²) in [6.45, 7) is 9.08. The summed E-state index contributed by atoms with van der Waals surface area (Å²) in [5, 5.41) is 3.16. The third-order valence-corrected chi connectivity index (χ3v) is 8.48. The van der Waals surface area contributed by atoms with Gasteiger partial charge in [0, 0.05) is 13.0 Å². The first kappa shape index (κ1) is 16.4. The predicted molar refractivity (Wildman–Crippen MR) is 98.4 cm³/mol. The van der Waals surface area contributed by atoms with E-state index < -0.39 is 0 Å². The Kier molecular flexibility index (Phi) is 3.75. The third kappa shape index (κ3) is 2.24. The average molecular weight is 328 g/mol. The molecule has 2 nitrogen and oxygen atoms in total. The van der Waals surface area contributed by atoms with Crippen molar-refractivity contribution >= 4 is 5.91 Å². The van der Waals surface area contributed by atoms with Crippen LogP contribution in [0.3, 0.4) is 0 Å². The standard InChI is InChI=1S/C22H33NO/c1-14-5-8-19-18-7-6-16-13-17(23-15(2)24)9-11-22(16,4)20(18)10-12-21(14,19)3/h5-6,17-20H,7-13H2,1-4H3,(H,23,24)/t17-,18?,19?,20?,21?,22?/m1/s1. The minimum atomic E-state index is 0.124. The molecule has 2 heteroatoms. The Morgan fingerprint density at radius 1 is 1.08 bits per heavy atom. The van der Waals surface area contributed by atoms with Gasteiger partial charge in [0.15, 0.2) is 0 Å². The molecule has 132 valence electrons. The quantitative estimate of drug-likeness (QED) is 0.674. The minimum Gasteiger partial charge on any atom is -0.353 e. The number of carbonyl (C=O) groups is 1. The lowest BCUT2D eigenvalue weighted by atomic mass is 9.47. The summed E-state index contributed by atoms with van der Waals surface area (Å²) in [6, 6.07) is 0.364. The van der Waals surface area contributed by atoms with Crippen molar-refractivity contribution in [2.75, 3.05) is 0 Å². The van der Waals surface area contributed by atoms with Crippen LogP contribution in [0, 0.1) is 28.6 Å². The molecule has 0 aromatic rings. The SMILES string of the molecule is CC(=O)N[C@@H]1CCC2(C)C(=CCC3C4CC=C(C)C4(C)CCC32)C1. The maximum absolute atomic E-state index is 11.4. The van der Waals surface area contributed by atoms with Crippen molar-refractivity contribution in [2.45, 2.75) is 78.7 Å². The molecule has 6 atom stereocenters. The molecular weight excluding hydrogens is 294 g/mol. The fourth-order valence-electron chi connectivity index (χ4n) is 6.85. The van der Waals surface area contributed by atoms with E-state index in [4.69, 9.17) is 0 Å². The van der Waals surface area contributed by atoms with Gasteiger partial charge < -0.3 is 5.32 Å². The Bertz CT molecular complexity index is 617. The number of fused-ring (bicyclic) bond motifs is 5. The summed E-state index contributed by atoms with van der Waals surface area (Å²) in [7, 11) is 0. The Balaban J connectivity index is 1.59. The van der Waals surface area contributed by atoms with Crippen molar-refractivity contribution in [1.29, 1.82) is 0 Å². The maximum atomic E-state index is 11.4. The van der Waals surface area contributed by atoms with Gasteiger partial charge in [-0.05, 0) is 80.5 Å². The van der Waals surface area contributed by atoms with Crippen LogP contribution in [0.5, 0.6) is 0 Å². The zero-order valence-electron chi connectivity index (χ0n) is 15.8. The molecule has 0 aromatic carbocycles. The molecular formula is C22H33NO. The van der Waals surface area contributed by atoms with Gasteiger partial charge in [0.05, 0.1) is 0 Å². The molecule has 0 aliphatic heterocycles. The molecule has 1 amide bonds. The normalized spacial score (nSPS) is 47.0. The Labute approximate surface area is 147 Å². The lowest BCUT2D eigenvalue weighted by Crippen LogP contribution is -2.51. The predicted octanol–water partition coefficient (Wildman–Crippen LogP) is 5.01. The van der Waals surface area contributed by atoms with Crippen molar-refractivity contribution in [3.05, 3.63) is 23.3 Å². The van der Waals surface area contributed by atoms with E-state index in [1.54, 1.807) is 18.1 Å². The van der Waals surface area contributed by atoms with Crippen LogP contribution >= 0.6 is 0 Å². The molecule has 0 bridgehead atoms. The van der Waals surface area contributed by atoms with Gasteiger partial charge >= 0.3 is 0 Å². The van der Waals surface area contributed by atoms with Crippen molar-refractivity contribution in [1.82, 2.24) is 5.32 Å². The van der Waals surface area contributed by atoms with Crippen LogP contribution in [0.15, 0.2) is 23.3 Å². The molecule has 0 radical (unpaired) electrons. The number of rotatable bonds is 1. The van der Waals surface area contributed by atoms with Crippen molar-refractivity contribution in [3.63, 3.8) is 0 Å². The lowest BCUT2D eigenvalue weighted by Gasteiger charge is -2.58. The largest absolute Gasteiger partial charge is 0.353 e. The smallest absolute Gasteiger partial charge is 0.217 e. The fourth-order valence-corrected chi connectivity index (χ4v) is 6.85. The number of hydrogen-bond donors (Lipinski definition) is 1. The summed E-state index contributed by atoms with van der Waals surface area (Å²) in [5.74, 6) is 2.70. The molecule has 5 unspecified atom stereocenters. The topological polar surface area (TPSA) is 29.1 Å². The van der Waals surface area contributed by atoms with Crippen molar-refractivity contribution in [3.8, 4) is 0 Å². The number of carbonyl (C=O) groups excluding carboxylic acids is 1. The molecule has 2 fully saturated rings. The van der Waals surface area contributed by atoms with Gasteiger partial charge in [0.1, 0.15) is 0 Å². The molecule has 4 aliphatic rings. The molecule has 0 spiro atoms. The fraction of sp³-hybridized carbons (Fsp3) is 0.773. The second-order valence-corrected chi connectivity index (χ2v) is 9.48. The van der Waals surface area contributed by atoms with E-state index in [9.17, 15) is 4.79 Å². The second kappa shape index (κ2) is 5.47. The summed E-state index contributed by atoms with van der Waals surface area (Å²) >= 11 is 0. The van der Waals surface area contributed by atoms with Gasteiger partial charge in [0.25, 0.3) is 0 Å². The van der Waals surface area contributed by atoms with Gasteiger partial charge in [-0.1, -0.05) is 37.1 Å². The van der Waals surface area contributed by atoms with Crippen molar-refractivity contribution < 1.29 is 4.79 Å². The number of nitrogens with one attached hydrogen (secondary N) is 1. The highest BCUT2D eigenvalue weighted by Crippen LogP contribution is 2.64. The van der Waals surface area contributed by atoms with Gasteiger partial charge in [0.2, 0.25) is 5.91 Å². The Morgan fingerprint density at radius 2 is 1.83 bits per heavy atom. The first-order valence-corrected chi connectivity index (χ1v) is 9.98. The summed E-state index contributed by atoms with van der Waals surface area (Å²) in [5.41, 5.74) is 4.16. The van der Waals surface area contributed by atoms with E-state index in [0.29, 0.717) is 16.9 Å². The molecule has 2 saturated carbocycles. The van der Waals surface area contributed by atoms with E-state index in [-0.39, 0.29) is 5.91 Å². The molecule has 0 saturated heterocycles.